The zero-order valence-electron chi connectivity index (χ0n) is 11.6. The molecule has 3 heteroatoms. The van der Waals surface area contributed by atoms with Crippen molar-refractivity contribution in [1.82, 2.24) is 5.32 Å². The minimum atomic E-state index is 0.0914. The van der Waals surface area contributed by atoms with Gasteiger partial charge in [-0.1, -0.05) is 48.0 Å². The van der Waals surface area contributed by atoms with Gasteiger partial charge in [-0.2, -0.15) is 0 Å². The number of halogens is 1. The van der Waals surface area contributed by atoms with Crippen molar-refractivity contribution in [2.24, 2.45) is 0 Å². The number of hydrogen-bond donors (Lipinski definition) is 2. The van der Waals surface area contributed by atoms with Crippen LogP contribution in [0.5, 0.6) is 0 Å². The number of nitrogens with one attached hydrogen (secondary N) is 1. The van der Waals surface area contributed by atoms with Crippen LogP contribution in [-0.4, -0.2) is 11.1 Å². The van der Waals surface area contributed by atoms with Gasteiger partial charge in [0.2, 0.25) is 0 Å². The van der Waals surface area contributed by atoms with Crippen LogP contribution in [0.3, 0.4) is 0 Å². The zero-order chi connectivity index (χ0) is 14.4. The summed E-state index contributed by atoms with van der Waals surface area (Å²) in [5.41, 5.74) is 3.42. The van der Waals surface area contributed by atoms with Crippen molar-refractivity contribution >= 4 is 11.6 Å². The highest BCUT2D eigenvalue weighted by atomic mass is 35.5. The second-order valence-corrected chi connectivity index (χ2v) is 5.53. The van der Waals surface area contributed by atoms with Gasteiger partial charge in [0, 0.05) is 17.6 Å². The molecule has 2 aromatic carbocycles. The fourth-order valence-electron chi connectivity index (χ4n) is 2.18. The standard InChI is InChI=1S/C17H20ClNO/c1-13(9-14-5-7-17(18)8-6-14)19-11-15-3-2-4-16(10-15)12-20/h2-8,10,13,19-20H,9,11-12H2,1H3. The third-order valence-electron chi connectivity index (χ3n) is 3.28. The van der Waals surface area contributed by atoms with Crippen LogP contribution >= 0.6 is 11.6 Å². The summed E-state index contributed by atoms with van der Waals surface area (Å²) in [5, 5.41) is 13.4. The molecule has 2 N–H and O–H groups in total. The molecule has 0 radical (unpaired) electrons. The smallest absolute Gasteiger partial charge is 0.0681 e. The van der Waals surface area contributed by atoms with E-state index in [0.717, 1.165) is 23.6 Å². The lowest BCUT2D eigenvalue weighted by molar-refractivity contribution is 0.281. The second-order valence-electron chi connectivity index (χ2n) is 5.09. The fraction of sp³-hybridized carbons (Fsp3) is 0.294. The van der Waals surface area contributed by atoms with Crippen LogP contribution in [0.15, 0.2) is 48.5 Å². The first kappa shape index (κ1) is 15.0. The lowest BCUT2D eigenvalue weighted by atomic mass is 10.1. The third kappa shape index (κ3) is 4.64. The predicted molar refractivity (Wildman–Crippen MR) is 83.8 cm³/mol. The summed E-state index contributed by atoms with van der Waals surface area (Å²) in [6, 6.07) is 16.4. The topological polar surface area (TPSA) is 32.3 Å². The number of aliphatic hydroxyl groups is 1. The van der Waals surface area contributed by atoms with Gasteiger partial charge in [-0.3, -0.25) is 0 Å². The first-order chi connectivity index (χ1) is 9.67. The maximum absolute atomic E-state index is 9.13. The summed E-state index contributed by atoms with van der Waals surface area (Å²) < 4.78 is 0. The van der Waals surface area contributed by atoms with E-state index in [4.69, 9.17) is 16.7 Å². The Balaban J connectivity index is 1.85. The Bertz CT molecular complexity index is 539. The van der Waals surface area contributed by atoms with Crippen molar-refractivity contribution in [2.75, 3.05) is 0 Å². The molecule has 0 aromatic heterocycles. The van der Waals surface area contributed by atoms with Crippen LogP contribution in [0.1, 0.15) is 23.6 Å². The molecular formula is C17H20ClNO. The number of hydrogen-bond acceptors (Lipinski definition) is 2. The van der Waals surface area contributed by atoms with Crippen molar-refractivity contribution < 1.29 is 5.11 Å². The molecule has 1 unspecified atom stereocenters. The summed E-state index contributed by atoms with van der Waals surface area (Å²) in [5.74, 6) is 0. The molecule has 0 saturated carbocycles. The van der Waals surface area contributed by atoms with Gasteiger partial charge in [-0.25, -0.2) is 0 Å². The number of benzene rings is 2. The summed E-state index contributed by atoms with van der Waals surface area (Å²) in [7, 11) is 0. The average molecular weight is 290 g/mol. The van der Waals surface area contributed by atoms with Crippen LogP contribution in [0.2, 0.25) is 5.02 Å². The van der Waals surface area contributed by atoms with Crippen LogP contribution in [0, 0.1) is 0 Å². The molecular weight excluding hydrogens is 270 g/mol. The van der Waals surface area contributed by atoms with Crippen LogP contribution in [0.4, 0.5) is 0 Å². The van der Waals surface area contributed by atoms with Crippen LogP contribution in [-0.2, 0) is 19.6 Å². The van der Waals surface area contributed by atoms with Gasteiger partial charge in [-0.05, 0) is 42.2 Å². The monoisotopic (exact) mass is 289 g/mol. The molecule has 0 aliphatic carbocycles. The Morgan fingerprint density at radius 3 is 2.45 bits per heavy atom. The molecule has 0 saturated heterocycles. The van der Waals surface area contributed by atoms with Gasteiger partial charge < -0.3 is 10.4 Å². The van der Waals surface area contributed by atoms with Crippen molar-refractivity contribution in [3.63, 3.8) is 0 Å². The zero-order valence-corrected chi connectivity index (χ0v) is 12.4. The Labute approximate surface area is 125 Å². The Morgan fingerprint density at radius 1 is 1.05 bits per heavy atom. The lowest BCUT2D eigenvalue weighted by Gasteiger charge is -2.14. The third-order valence-corrected chi connectivity index (χ3v) is 3.54. The average Bonchev–Trinajstić information content (AvgIpc) is 2.48. The first-order valence-electron chi connectivity index (χ1n) is 6.84. The number of aliphatic hydroxyl groups excluding tert-OH is 1. The van der Waals surface area contributed by atoms with Crippen LogP contribution < -0.4 is 5.32 Å². The molecule has 2 nitrogen and oxygen atoms in total. The Hall–Kier alpha value is -1.35. The molecule has 0 fully saturated rings. The van der Waals surface area contributed by atoms with Gasteiger partial charge >= 0.3 is 0 Å². The summed E-state index contributed by atoms with van der Waals surface area (Å²) >= 11 is 5.88. The van der Waals surface area contributed by atoms with Gasteiger partial charge in [0.1, 0.15) is 0 Å². The summed E-state index contributed by atoms with van der Waals surface area (Å²) in [6.45, 7) is 3.07. The van der Waals surface area contributed by atoms with Crippen molar-refractivity contribution in [3.8, 4) is 0 Å². The Kier molecular flexibility index (Phi) is 5.60. The van der Waals surface area contributed by atoms with Crippen molar-refractivity contribution in [3.05, 3.63) is 70.2 Å². The molecule has 0 aliphatic rings. The summed E-state index contributed by atoms with van der Waals surface area (Å²) in [4.78, 5) is 0. The fourth-order valence-corrected chi connectivity index (χ4v) is 2.30. The van der Waals surface area contributed by atoms with E-state index < -0.39 is 0 Å². The molecule has 106 valence electrons. The van der Waals surface area contributed by atoms with Crippen molar-refractivity contribution in [1.29, 1.82) is 0 Å². The Morgan fingerprint density at radius 2 is 1.75 bits per heavy atom. The van der Waals surface area contributed by atoms with Gasteiger partial charge in [0.05, 0.1) is 6.61 Å². The van der Waals surface area contributed by atoms with Crippen molar-refractivity contribution in [2.45, 2.75) is 32.5 Å². The van der Waals surface area contributed by atoms with E-state index in [2.05, 4.69) is 30.4 Å². The highest BCUT2D eigenvalue weighted by molar-refractivity contribution is 6.30. The van der Waals surface area contributed by atoms with E-state index in [0.29, 0.717) is 6.04 Å². The minimum absolute atomic E-state index is 0.0914. The molecule has 0 amide bonds. The van der Waals surface area contributed by atoms with Gasteiger partial charge in [0.25, 0.3) is 0 Å². The molecule has 2 rings (SSSR count). The molecule has 0 bridgehead atoms. The quantitative estimate of drug-likeness (QED) is 0.852. The van der Waals surface area contributed by atoms with E-state index in [1.807, 2.05) is 30.3 Å². The molecule has 20 heavy (non-hydrogen) atoms. The highest BCUT2D eigenvalue weighted by Gasteiger charge is 2.04. The summed E-state index contributed by atoms with van der Waals surface area (Å²) in [6.07, 6.45) is 0.969. The maximum atomic E-state index is 9.13. The second kappa shape index (κ2) is 7.44. The largest absolute Gasteiger partial charge is 0.392 e. The normalized spacial score (nSPS) is 12.3. The van der Waals surface area contributed by atoms with E-state index in [1.54, 1.807) is 0 Å². The molecule has 0 spiro atoms. The van der Waals surface area contributed by atoms with Gasteiger partial charge in [-0.15, -0.1) is 0 Å². The SMILES string of the molecule is CC(Cc1ccc(Cl)cc1)NCc1cccc(CO)c1. The first-order valence-corrected chi connectivity index (χ1v) is 7.21. The molecule has 0 heterocycles. The van der Waals surface area contributed by atoms with E-state index in [9.17, 15) is 0 Å². The minimum Gasteiger partial charge on any atom is -0.392 e. The maximum Gasteiger partial charge on any atom is 0.0681 e. The van der Waals surface area contributed by atoms with E-state index in [1.165, 1.54) is 11.1 Å². The molecule has 1 atom stereocenters. The van der Waals surface area contributed by atoms with Gasteiger partial charge in [0.15, 0.2) is 0 Å². The highest BCUT2D eigenvalue weighted by Crippen LogP contribution is 2.11. The molecule has 0 aliphatic heterocycles. The van der Waals surface area contributed by atoms with E-state index >= 15 is 0 Å². The predicted octanol–water partition coefficient (Wildman–Crippen LogP) is 3.55. The lowest BCUT2D eigenvalue weighted by Crippen LogP contribution is -2.27. The molecule has 2 aromatic rings. The number of rotatable bonds is 6. The van der Waals surface area contributed by atoms with E-state index in [-0.39, 0.29) is 6.61 Å². The van der Waals surface area contributed by atoms with Crippen LogP contribution in [0.25, 0.3) is 0 Å².